The third kappa shape index (κ3) is 5.56. The highest BCUT2D eigenvalue weighted by molar-refractivity contribution is 7.13. The number of amides is 2. The van der Waals surface area contributed by atoms with E-state index in [0.29, 0.717) is 28.7 Å². The summed E-state index contributed by atoms with van der Waals surface area (Å²) in [7, 11) is 0. The molecule has 0 saturated carbocycles. The zero-order chi connectivity index (χ0) is 20.8. The van der Waals surface area contributed by atoms with E-state index in [1.807, 2.05) is 36.6 Å². The summed E-state index contributed by atoms with van der Waals surface area (Å²) in [5.41, 5.74) is 2.61. The van der Waals surface area contributed by atoms with Crippen LogP contribution in [0.15, 0.2) is 47.8 Å². The summed E-state index contributed by atoms with van der Waals surface area (Å²) in [6.45, 7) is 3.92. The normalized spacial score (nSPS) is 10.4. The van der Waals surface area contributed by atoms with Crippen LogP contribution in [0.5, 0.6) is 5.75 Å². The van der Waals surface area contributed by atoms with E-state index in [9.17, 15) is 9.59 Å². The Labute approximate surface area is 177 Å². The zero-order valence-electron chi connectivity index (χ0n) is 16.0. The lowest BCUT2D eigenvalue weighted by Gasteiger charge is -2.09. The first-order valence-electron chi connectivity index (χ1n) is 9.00. The van der Waals surface area contributed by atoms with Crippen LogP contribution in [-0.2, 0) is 16.0 Å². The van der Waals surface area contributed by atoms with Crippen molar-refractivity contribution in [3.63, 3.8) is 0 Å². The molecule has 1 aromatic heterocycles. The number of benzene rings is 2. The Morgan fingerprint density at radius 3 is 2.69 bits per heavy atom. The van der Waals surface area contributed by atoms with E-state index in [4.69, 9.17) is 16.3 Å². The molecule has 0 unspecified atom stereocenters. The van der Waals surface area contributed by atoms with Gasteiger partial charge in [0.15, 0.2) is 0 Å². The van der Waals surface area contributed by atoms with Crippen LogP contribution in [0.1, 0.15) is 19.5 Å². The van der Waals surface area contributed by atoms with E-state index in [0.717, 1.165) is 16.3 Å². The second-order valence-electron chi connectivity index (χ2n) is 6.17. The summed E-state index contributed by atoms with van der Waals surface area (Å²) in [6.07, 6.45) is 0.122. The van der Waals surface area contributed by atoms with Gasteiger partial charge in [0.25, 0.3) is 0 Å². The number of hydrogen-bond acceptors (Lipinski definition) is 5. The van der Waals surface area contributed by atoms with Crippen molar-refractivity contribution in [1.29, 1.82) is 0 Å². The van der Waals surface area contributed by atoms with Crippen LogP contribution in [-0.4, -0.2) is 23.4 Å². The molecule has 0 fully saturated rings. The highest BCUT2D eigenvalue weighted by Crippen LogP contribution is 2.32. The molecule has 29 heavy (non-hydrogen) atoms. The minimum Gasteiger partial charge on any atom is -0.493 e. The number of carbonyl (C=O) groups is 2. The minimum atomic E-state index is -0.228. The van der Waals surface area contributed by atoms with Gasteiger partial charge >= 0.3 is 0 Å². The number of anilines is 2. The van der Waals surface area contributed by atoms with E-state index in [1.165, 1.54) is 18.3 Å². The van der Waals surface area contributed by atoms with Crippen molar-refractivity contribution in [2.24, 2.45) is 0 Å². The molecule has 0 spiro atoms. The maximum absolute atomic E-state index is 12.4. The average molecular weight is 430 g/mol. The molecule has 2 N–H and O–H groups in total. The summed E-state index contributed by atoms with van der Waals surface area (Å²) in [6, 6.07) is 12.6. The molecule has 0 aliphatic rings. The summed E-state index contributed by atoms with van der Waals surface area (Å²) in [4.78, 5) is 28.1. The van der Waals surface area contributed by atoms with Crippen molar-refractivity contribution >= 4 is 46.1 Å². The highest BCUT2D eigenvalue weighted by Gasteiger charge is 2.13. The van der Waals surface area contributed by atoms with Gasteiger partial charge < -0.3 is 15.4 Å². The second-order valence-corrected chi connectivity index (χ2v) is 7.44. The molecule has 6 nitrogen and oxygen atoms in total. The first kappa shape index (κ1) is 20.8. The van der Waals surface area contributed by atoms with Crippen molar-refractivity contribution in [2.45, 2.75) is 20.3 Å². The molecule has 0 saturated heterocycles. The molecule has 0 radical (unpaired) electrons. The Kier molecular flexibility index (Phi) is 6.85. The maximum Gasteiger partial charge on any atom is 0.230 e. The van der Waals surface area contributed by atoms with Crippen molar-refractivity contribution in [1.82, 2.24) is 4.98 Å². The van der Waals surface area contributed by atoms with Gasteiger partial charge in [-0.15, -0.1) is 11.3 Å². The SMILES string of the molecule is CCOc1ccccc1-c1nc(CC(=O)Nc2ccc(NC(C)=O)cc2Cl)cs1. The number of thiazole rings is 1. The summed E-state index contributed by atoms with van der Waals surface area (Å²) < 4.78 is 5.65. The van der Waals surface area contributed by atoms with Gasteiger partial charge in [-0.3, -0.25) is 9.59 Å². The molecule has 1 heterocycles. The third-order valence-electron chi connectivity index (χ3n) is 3.87. The van der Waals surface area contributed by atoms with E-state index < -0.39 is 0 Å². The van der Waals surface area contributed by atoms with E-state index in [1.54, 1.807) is 18.2 Å². The Bertz CT molecular complexity index is 1040. The van der Waals surface area contributed by atoms with Crippen LogP contribution < -0.4 is 15.4 Å². The monoisotopic (exact) mass is 429 g/mol. The number of para-hydroxylation sites is 1. The van der Waals surface area contributed by atoms with Crippen LogP contribution in [0.4, 0.5) is 11.4 Å². The molecule has 150 valence electrons. The van der Waals surface area contributed by atoms with E-state index >= 15 is 0 Å². The van der Waals surface area contributed by atoms with Crippen molar-refractivity contribution in [3.05, 3.63) is 58.6 Å². The fraction of sp³-hybridized carbons (Fsp3) is 0.190. The van der Waals surface area contributed by atoms with Gasteiger partial charge in [-0.2, -0.15) is 0 Å². The average Bonchev–Trinajstić information content (AvgIpc) is 3.12. The molecule has 0 atom stereocenters. The quantitative estimate of drug-likeness (QED) is 0.553. The zero-order valence-corrected chi connectivity index (χ0v) is 17.6. The lowest BCUT2D eigenvalue weighted by Crippen LogP contribution is -2.15. The Morgan fingerprint density at radius 2 is 1.97 bits per heavy atom. The number of hydrogen-bond donors (Lipinski definition) is 2. The number of rotatable bonds is 7. The standard InChI is InChI=1S/C21H20ClN3O3S/c1-3-28-19-7-5-4-6-16(19)21-24-15(12-29-21)11-20(27)25-18-9-8-14(10-17(18)22)23-13(2)26/h4-10,12H,3,11H2,1-2H3,(H,23,26)(H,25,27). The Hall–Kier alpha value is -2.90. The van der Waals surface area contributed by atoms with Crippen LogP contribution in [0.2, 0.25) is 5.02 Å². The maximum atomic E-state index is 12.4. The largest absolute Gasteiger partial charge is 0.493 e. The molecular weight excluding hydrogens is 410 g/mol. The van der Waals surface area contributed by atoms with Crippen LogP contribution >= 0.6 is 22.9 Å². The molecule has 3 aromatic rings. The Balaban J connectivity index is 1.67. The fourth-order valence-corrected chi connectivity index (χ4v) is 3.77. The molecular formula is C21H20ClN3O3S. The number of nitrogens with one attached hydrogen (secondary N) is 2. The number of ether oxygens (including phenoxy) is 1. The molecule has 8 heteroatoms. The van der Waals surface area contributed by atoms with Gasteiger partial charge in [-0.05, 0) is 37.3 Å². The van der Waals surface area contributed by atoms with Gasteiger partial charge in [-0.25, -0.2) is 4.98 Å². The predicted molar refractivity (Wildman–Crippen MR) is 117 cm³/mol. The lowest BCUT2D eigenvalue weighted by molar-refractivity contribution is -0.116. The van der Waals surface area contributed by atoms with Gasteiger partial charge in [0.05, 0.1) is 35.0 Å². The van der Waals surface area contributed by atoms with E-state index in [-0.39, 0.29) is 18.2 Å². The first-order chi connectivity index (χ1) is 14.0. The van der Waals surface area contributed by atoms with Gasteiger partial charge in [0, 0.05) is 18.0 Å². The minimum absolute atomic E-state index is 0.122. The molecule has 2 amide bonds. The summed E-state index contributed by atoms with van der Waals surface area (Å²) in [5.74, 6) is 0.351. The van der Waals surface area contributed by atoms with E-state index in [2.05, 4.69) is 15.6 Å². The van der Waals surface area contributed by atoms with Crippen molar-refractivity contribution in [2.75, 3.05) is 17.2 Å². The van der Waals surface area contributed by atoms with Crippen LogP contribution in [0.25, 0.3) is 10.6 Å². The topological polar surface area (TPSA) is 80.3 Å². The first-order valence-corrected chi connectivity index (χ1v) is 10.3. The van der Waals surface area contributed by atoms with Crippen LogP contribution in [0, 0.1) is 0 Å². The van der Waals surface area contributed by atoms with Gasteiger partial charge in [0.2, 0.25) is 11.8 Å². The van der Waals surface area contributed by atoms with Crippen molar-refractivity contribution in [3.8, 4) is 16.3 Å². The number of aromatic nitrogens is 1. The molecule has 3 rings (SSSR count). The van der Waals surface area contributed by atoms with Gasteiger partial charge in [-0.1, -0.05) is 23.7 Å². The highest BCUT2D eigenvalue weighted by atomic mass is 35.5. The molecule has 0 aliphatic heterocycles. The molecule has 0 bridgehead atoms. The second kappa shape index (κ2) is 9.54. The number of carbonyl (C=O) groups excluding carboxylic acids is 2. The molecule has 0 aliphatic carbocycles. The predicted octanol–water partition coefficient (Wildman–Crippen LogP) is 5.00. The molecule has 2 aromatic carbocycles. The summed E-state index contributed by atoms with van der Waals surface area (Å²) in [5, 5.41) is 8.42. The number of halogens is 1. The summed E-state index contributed by atoms with van der Waals surface area (Å²) >= 11 is 7.66. The van der Waals surface area contributed by atoms with Crippen molar-refractivity contribution < 1.29 is 14.3 Å². The number of nitrogens with zero attached hydrogens (tertiary/aromatic N) is 1. The smallest absolute Gasteiger partial charge is 0.230 e. The lowest BCUT2D eigenvalue weighted by atomic mass is 10.2. The van der Waals surface area contributed by atoms with Gasteiger partial charge in [0.1, 0.15) is 10.8 Å². The van der Waals surface area contributed by atoms with Crippen LogP contribution in [0.3, 0.4) is 0 Å². The third-order valence-corrected chi connectivity index (χ3v) is 5.11. The fourth-order valence-electron chi connectivity index (χ4n) is 2.69. The Morgan fingerprint density at radius 1 is 1.17 bits per heavy atom.